The molecule has 148 valence electrons. The summed E-state index contributed by atoms with van der Waals surface area (Å²) in [5.74, 6) is 1.57. The first kappa shape index (κ1) is 18.9. The lowest BCUT2D eigenvalue weighted by Gasteiger charge is -2.60. The monoisotopic (exact) mass is 372 g/mol. The number of piperidine rings is 2. The summed E-state index contributed by atoms with van der Waals surface area (Å²) in [7, 11) is 0. The lowest BCUT2D eigenvalue weighted by molar-refractivity contribution is -1.18. The van der Waals surface area contributed by atoms with Crippen molar-refractivity contribution in [2.24, 2.45) is 10.8 Å². The van der Waals surface area contributed by atoms with Crippen molar-refractivity contribution < 1.29 is 19.3 Å². The SMILES string of the molecule is CCCC12C[NH+]3CC(CCC)(C[NH+](C1)C3c1ccc(OC(C)C)cc1)C2=O. The Morgan fingerprint density at radius 3 is 1.85 bits per heavy atom. The van der Waals surface area contributed by atoms with E-state index in [0.717, 1.165) is 57.6 Å². The molecule has 4 aliphatic rings. The zero-order valence-corrected chi connectivity index (χ0v) is 17.4. The van der Waals surface area contributed by atoms with E-state index in [-0.39, 0.29) is 16.9 Å². The largest absolute Gasteiger partial charge is 0.491 e. The van der Waals surface area contributed by atoms with Gasteiger partial charge in [0.2, 0.25) is 6.17 Å². The standard InChI is InChI=1S/C23H34N2O2/c1-5-11-22-13-24-15-23(12-6-2,21(22)26)16-25(14-22)20(24)18-7-9-19(10-8-18)27-17(3)4/h7-10,17,20H,5-6,11-16H2,1-4H3/p+2. The molecule has 4 saturated heterocycles. The van der Waals surface area contributed by atoms with E-state index in [1.54, 1.807) is 9.80 Å². The van der Waals surface area contributed by atoms with E-state index in [1.807, 2.05) is 0 Å². The molecule has 4 fully saturated rings. The summed E-state index contributed by atoms with van der Waals surface area (Å²) in [6.07, 6.45) is 5.03. The number of benzene rings is 1. The molecule has 4 nitrogen and oxygen atoms in total. The van der Waals surface area contributed by atoms with E-state index in [4.69, 9.17) is 4.74 Å². The number of rotatable bonds is 7. The fraction of sp³-hybridized carbons (Fsp3) is 0.696. The van der Waals surface area contributed by atoms with Gasteiger partial charge in [-0.3, -0.25) is 14.6 Å². The number of hydrogen-bond donors (Lipinski definition) is 2. The molecule has 0 spiro atoms. The Labute approximate surface area is 163 Å². The predicted molar refractivity (Wildman–Crippen MR) is 106 cm³/mol. The molecule has 0 radical (unpaired) electrons. The van der Waals surface area contributed by atoms with Crippen molar-refractivity contribution in [1.29, 1.82) is 0 Å². The Morgan fingerprint density at radius 2 is 1.44 bits per heavy atom. The van der Waals surface area contributed by atoms with Gasteiger partial charge in [-0.25, -0.2) is 0 Å². The second-order valence-corrected chi connectivity index (χ2v) is 9.58. The summed E-state index contributed by atoms with van der Waals surface area (Å²) in [5.41, 5.74) is 1.27. The fourth-order valence-corrected chi connectivity index (χ4v) is 6.59. The summed E-state index contributed by atoms with van der Waals surface area (Å²) >= 11 is 0. The van der Waals surface area contributed by atoms with Crippen LogP contribution in [0.25, 0.3) is 0 Å². The third-order valence-corrected chi connectivity index (χ3v) is 7.08. The van der Waals surface area contributed by atoms with Crippen LogP contribution in [0.3, 0.4) is 0 Å². The van der Waals surface area contributed by atoms with Crippen molar-refractivity contribution in [2.45, 2.75) is 65.6 Å². The minimum absolute atomic E-state index is 0.0672. The number of ether oxygens (including phenoxy) is 1. The zero-order chi connectivity index (χ0) is 19.2. The molecule has 0 amide bonds. The van der Waals surface area contributed by atoms with Crippen LogP contribution in [0.1, 0.15) is 65.1 Å². The van der Waals surface area contributed by atoms with Crippen molar-refractivity contribution in [1.82, 2.24) is 0 Å². The highest BCUT2D eigenvalue weighted by atomic mass is 16.5. The number of quaternary nitrogens is 2. The second kappa shape index (κ2) is 6.89. The minimum Gasteiger partial charge on any atom is -0.491 e. The van der Waals surface area contributed by atoms with E-state index < -0.39 is 0 Å². The van der Waals surface area contributed by atoms with Gasteiger partial charge in [-0.15, -0.1) is 0 Å². The van der Waals surface area contributed by atoms with E-state index in [9.17, 15) is 4.79 Å². The normalized spacial score (nSPS) is 37.2. The van der Waals surface area contributed by atoms with Crippen LogP contribution in [0.15, 0.2) is 24.3 Å². The minimum atomic E-state index is -0.0672. The van der Waals surface area contributed by atoms with E-state index in [2.05, 4.69) is 52.0 Å². The molecule has 0 atom stereocenters. The lowest BCUT2D eigenvalue weighted by Crippen LogP contribution is -3.41. The third kappa shape index (κ3) is 3.01. The summed E-state index contributed by atoms with van der Waals surface area (Å²) < 4.78 is 5.83. The van der Waals surface area contributed by atoms with Gasteiger partial charge in [0.05, 0.1) is 11.7 Å². The molecule has 4 heteroatoms. The topological polar surface area (TPSA) is 35.2 Å². The molecule has 0 aromatic heterocycles. The predicted octanol–water partition coefficient (Wildman–Crippen LogP) is 1.43. The maximum atomic E-state index is 13.5. The number of carbonyl (C=O) groups is 1. The fourth-order valence-electron chi connectivity index (χ4n) is 6.59. The second-order valence-electron chi connectivity index (χ2n) is 9.58. The Kier molecular flexibility index (Phi) is 4.84. The van der Waals surface area contributed by atoms with Crippen LogP contribution in [0, 0.1) is 10.8 Å². The Bertz CT molecular complexity index is 653. The first-order chi connectivity index (χ1) is 12.9. The van der Waals surface area contributed by atoms with Gasteiger partial charge in [0.1, 0.15) is 42.8 Å². The zero-order valence-electron chi connectivity index (χ0n) is 17.4. The van der Waals surface area contributed by atoms with Crippen LogP contribution in [0.2, 0.25) is 0 Å². The molecule has 0 unspecified atom stereocenters. The number of ketones is 1. The highest BCUT2D eigenvalue weighted by Crippen LogP contribution is 2.42. The average molecular weight is 373 g/mol. The summed E-state index contributed by atoms with van der Waals surface area (Å²) in [6, 6.07) is 8.75. The maximum absolute atomic E-state index is 13.5. The Balaban J connectivity index is 1.63. The average Bonchev–Trinajstić information content (AvgIpc) is 2.60. The van der Waals surface area contributed by atoms with Crippen molar-refractivity contribution in [2.75, 3.05) is 26.2 Å². The van der Waals surface area contributed by atoms with Crippen LogP contribution in [-0.2, 0) is 4.79 Å². The number of Topliss-reactive ketones (excluding diaryl/α,β-unsaturated/α-hetero) is 1. The van der Waals surface area contributed by atoms with E-state index in [1.165, 1.54) is 5.56 Å². The number of nitrogens with one attached hydrogen (secondary N) is 2. The van der Waals surface area contributed by atoms with Gasteiger partial charge in [0.25, 0.3) is 0 Å². The molecule has 0 saturated carbocycles. The molecular formula is C23H36N2O2+2. The van der Waals surface area contributed by atoms with Crippen molar-refractivity contribution in [3.8, 4) is 5.75 Å². The summed E-state index contributed by atoms with van der Waals surface area (Å²) in [5, 5.41) is 0. The van der Waals surface area contributed by atoms with Gasteiger partial charge in [0.15, 0.2) is 5.78 Å². The van der Waals surface area contributed by atoms with Gasteiger partial charge in [-0.2, -0.15) is 0 Å². The Morgan fingerprint density at radius 1 is 0.963 bits per heavy atom. The van der Waals surface area contributed by atoms with Gasteiger partial charge < -0.3 is 4.74 Å². The quantitative estimate of drug-likeness (QED) is 0.759. The third-order valence-electron chi connectivity index (χ3n) is 7.08. The van der Waals surface area contributed by atoms with Gasteiger partial charge in [-0.1, -0.05) is 26.7 Å². The molecule has 4 bridgehead atoms. The van der Waals surface area contributed by atoms with Crippen LogP contribution >= 0.6 is 0 Å². The van der Waals surface area contributed by atoms with Crippen molar-refractivity contribution in [3.63, 3.8) is 0 Å². The first-order valence-electron chi connectivity index (χ1n) is 10.9. The van der Waals surface area contributed by atoms with Crippen LogP contribution < -0.4 is 14.5 Å². The van der Waals surface area contributed by atoms with Crippen molar-refractivity contribution >= 4 is 5.78 Å². The number of carbonyl (C=O) groups excluding carboxylic acids is 1. The maximum Gasteiger partial charge on any atom is 0.240 e. The van der Waals surface area contributed by atoms with Crippen LogP contribution in [-0.4, -0.2) is 38.1 Å². The molecule has 27 heavy (non-hydrogen) atoms. The lowest BCUT2D eigenvalue weighted by atomic mass is 9.57. The van der Waals surface area contributed by atoms with Gasteiger partial charge in [-0.05, 0) is 51.0 Å². The summed E-state index contributed by atoms with van der Waals surface area (Å²) in [4.78, 5) is 16.8. The molecule has 1 aromatic carbocycles. The van der Waals surface area contributed by atoms with Crippen molar-refractivity contribution in [3.05, 3.63) is 29.8 Å². The molecular weight excluding hydrogens is 336 g/mol. The smallest absolute Gasteiger partial charge is 0.240 e. The molecule has 4 heterocycles. The van der Waals surface area contributed by atoms with E-state index >= 15 is 0 Å². The highest BCUT2D eigenvalue weighted by Gasteiger charge is 2.70. The van der Waals surface area contributed by atoms with E-state index in [0.29, 0.717) is 11.9 Å². The first-order valence-corrected chi connectivity index (χ1v) is 10.9. The molecule has 1 aromatic rings. The van der Waals surface area contributed by atoms with Crippen LogP contribution in [0.4, 0.5) is 0 Å². The molecule has 0 aliphatic carbocycles. The summed E-state index contributed by atoms with van der Waals surface area (Å²) in [6.45, 7) is 12.7. The molecule has 5 rings (SSSR count). The highest BCUT2D eigenvalue weighted by molar-refractivity contribution is 5.92. The molecule has 4 aliphatic heterocycles. The number of hydrogen-bond acceptors (Lipinski definition) is 2. The van der Waals surface area contributed by atoms with Gasteiger partial charge in [0, 0.05) is 0 Å². The molecule has 2 N–H and O–H groups in total. The van der Waals surface area contributed by atoms with Gasteiger partial charge >= 0.3 is 0 Å². The Hall–Kier alpha value is -1.39. The van der Waals surface area contributed by atoms with Crippen LogP contribution in [0.5, 0.6) is 5.75 Å².